The second-order valence-corrected chi connectivity index (χ2v) is 7.48. The van der Waals surface area contributed by atoms with E-state index in [2.05, 4.69) is 11.1 Å². The molecule has 0 saturated heterocycles. The molecule has 28 heavy (non-hydrogen) atoms. The molecular formula is C23H24N2O3. The van der Waals surface area contributed by atoms with E-state index >= 15 is 0 Å². The van der Waals surface area contributed by atoms with Crippen LogP contribution in [0.4, 0.5) is 0 Å². The van der Waals surface area contributed by atoms with E-state index in [0.29, 0.717) is 18.5 Å². The number of hydrogen-bond donors (Lipinski definition) is 2. The summed E-state index contributed by atoms with van der Waals surface area (Å²) < 4.78 is 0. The topological polar surface area (TPSA) is 73.4 Å². The second kappa shape index (κ2) is 7.60. The number of amides is 1. The molecule has 2 aromatic carbocycles. The van der Waals surface area contributed by atoms with E-state index in [1.165, 1.54) is 5.56 Å². The summed E-state index contributed by atoms with van der Waals surface area (Å²) in [5, 5.41) is 11.0. The number of carbonyl (C=O) groups excluding carboxylic acids is 2. The van der Waals surface area contributed by atoms with E-state index in [-0.39, 0.29) is 37.2 Å². The molecule has 2 heterocycles. The number of H-pyrrole nitrogens is 1. The average Bonchev–Trinajstić information content (AvgIpc) is 3.08. The molecule has 2 N–H and O–H groups in total. The van der Waals surface area contributed by atoms with E-state index in [4.69, 9.17) is 0 Å². The Kier molecular flexibility index (Phi) is 5.01. The standard InChI is InChI=1S/C23H24N2O3/c1-15-6-8-16(9-7-15)22(27)10-11-23(28)25-13-21-19(12-17(25)14-26)18-4-2-3-5-20(18)24-21/h2-9,17,24,26H,10-14H2,1H3. The van der Waals surface area contributed by atoms with Crippen molar-refractivity contribution in [2.45, 2.75) is 38.8 Å². The third-order valence-electron chi connectivity index (χ3n) is 5.58. The molecule has 0 spiro atoms. The number of carbonyl (C=O) groups is 2. The highest BCUT2D eigenvalue weighted by molar-refractivity contribution is 5.98. The lowest BCUT2D eigenvalue weighted by Gasteiger charge is -2.34. The minimum Gasteiger partial charge on any atom is -0.394 e. The Morgan fingerprint density at radius 1 is 1.11 bits per heavy atom. The molecule has 1 unspecified atom stereocenters. The molecule has 1 atom stereocenters. The molecule has 5 heteroatoms. The lowest BCUT2D eigenvalue weighted by atomic mass is 9.96. The van der Waals surface area contributed by atoms with Crippen molar-refractivity contribution >= 4 is 22.6 Å². The maximum Gasteiger partial charge on any atom is 0.223 e. The third kappa shape index (κ3) is 3.45. The van der Waals surface area contributed by atoms with Gasteiger partial charge in [0.1, 0.15) is 0 Å². The SMILES string of the molecule is Cc1ccc(C(=O)CCC(=O)N2Cc3[nH]c4ccccc4c3CC2CO)cc1. The Morgan fingerprint density at radius 2 is 1.86 bits per heavy atom. The Hall–Kier alpha value is -2.92. The number of nitrogens with one attached hydrogen (secondary N) is 1. The van der Waals surface area contributed by atoms with Gasteiger partial charge in [-0.1, -0.05) is 48.0 Å². The molecule has 144 valence electrons. The van der Waals surface area contributed by atoms with Crippen molar-refractivity contribution in [3.8, 4) is 0 Å². The zero-order chi connectivity index (χ0) is 19.7. The summed E-state index contributed by atoms with van der Waals surface area (Å²) in [7, 11) is 0. The van der Waals surface area contributed by atoms with E-state index in [0.717, 1.165) is 22.2 Å². The van der Waals surface area contributed by atoms with E-state index < -0.39 is 0 Å². The molecule has 1 aromatic heterocycles. The van der Waals surface area contributed by atoms with Crippen LogP contribution in [-0.2, 0) is 17.8 Å². The van der Waals surface area contributed by atoms with E-state index in [1.54, 1.807) is 17.0 Å². The first-order valence-corrected chi connectivity index (χ1v) is 9.65. The van der Waals surface area contributed by atoms with Crippen LogP contribution < -0.4 is 0 Å². The predicted octanol–water partition coefficient (Wildman–Crippen LogP) is 3.39. The van der Waals surface area contributed by atoms with Crippen LogP contribution in [0.15, 0.2) is 48.5 Å². The first-order chi connectivity index (χ1) is 13.6. The van der Waals surface area contributed by atoms with Crippen molar-refractivity contribution < 1.29 is 14.7 Å². The van der Waals surface area contributed by atoms with Gasteiger partial charge in [-0.3, -0.25) is 9.59 Å². The fraction of sp³-hybridized carbons (Fsp3) is 0.304. The number of para-hydroxylation sites is 1. The van der Waals surface area contributed by atoms with Crippen molar-refractivity contribution in [3.05, 3.63) is 70.9 Å². The number of rotatable bonds is 5. The normalized spacial score (nSPS) is 16.2. The lowest BCUT2D eigenvalue weighted by molar-refractivity contribution is -0.135. The van der Waals surface area contributed by atoms with Crippen molar-refractivity contribution in [3.63, 3.8) is 0 Å². The fourth-order valence-corrected chi connectivity index (χ4v) is 3.97. The summed E-state index contributed by atoms with van der Waals surface area (Å²) >= 11 is 0. The Bertz CT molecular complexity index is 1020. The van der Waals surface area contributed by atoms with Crippen molar-refractivity contribution in [1.82, 2.24) is 9.88 Å². The minimum absolute atomic E-state index is 0.0304. The van der Waals surface area contributed by atoms with Gasteiger partial charge < -0.3 is 15.0 Å². The lowest BCUT2D eigenvalue weighted by Crippen LogP contribution is -2.46. The molecule has 1 aliphatic heterocycles. The molecular weight excluding hydrogens is 352 g/mol. The summed E-state index contributed by atoms with van der Waals surface area (Å²) in [4.78, 5) is 30.3. The molecule has 1 aliphatic rings. The zero-order valence-electron chi connectivity index (χ0n) is 15.9. The van der Waals surface area contributed by atoms with Gasteiger partial charge in [0.05, 0.1) is 19.2 Å². The van der Waals surface area contributed by atoms with E-state index in [9.17, 15) is 14.7 Å². The largest absolute Gasteiger partial charge is 0.394 e. The number of benzene rings is 2. The van der Waals surface area contributed by atoms with Gasteiger partial charge in [0, 0.05) is 35.0 Å². The monoisotopic (exact) mass is 376 g/mol. The van der Waals surface area contributed by atoms with E-state index in [1.807, 2.05) is 37.3 Å². The van der Waals surface area contributed by atoms with Gasteiger partial charge >= 0.3 is 0 Å². The van der Waals surface area contributed by atoms with Gasteiger partial charge in [-0.15, -0.1) is 0 Å². The third-order valence-corrected chi connectivity index (χ3v) is 5.58. The van der Waals surface area contributed by atoms with Gasteiger partial charge in [0.25, 0.3) is 0 Å². The number of Topliss-reactive ketones (excluding diaryl/α,β-unsaturated/α-hetero) is 1. The van der Waals surface area contributed by atoms with Crippen LogP contribution in [0.2, 0.25) is 0 Å². The number of hydrogen-bond acceptors (Lipinski definition) is 3. The van der Waals surface area contributed by atoms with Crippen LogP contribution in [-0.4, -0.2) is 39.3 Å². The molecule has 0 saturated carbocycles. The van der Waals surface area contributed by atoms with Gasteiger partial charge in [-0.2, -0.15) is 0 Å². The Labute approximate surface area is 164 Å². The number of aliphatic hydroxyl groups is 1. The number of aliphatic hydroxyl groups excluding tert-OH is 1. The van der Waals surface area contributed by atoms with Crippen LogP contribution >= 0.6 is 0 Å². The highest BCUT2D eigenvalue weighted by Gasteiger charge is 2.31. The van der Waals surface area contributed by atoms with Crippen molar-refractivity contribution in [2.75, 3.05) is 6.61 Å². The van der Waals surface area contributed by atoms with Gasteiger partial charge in [-0.25, -0.2) is 0 Å². The zero-order valence-corrected chi connectivity index (χ0v) is 15.9. The Morgan fingerprint density at radius 3 is 2.61 bits per heavy atom. The summed E-state index contributed by atoms with van der Waals surface area (Å²) in [6.45, 7) is 2.32. The molecule has 0 bridgehead atoms. The summed E-state index contributed by atoms with van der Waals surface area (Å²) in [5.41, 5.74) is 4.97. The maximum absolute atomic E-state index is 12.8. The molecule has 3 aromatic rings. The number of ketones is 1. The van der Waals surface area contributed by atoms with Crippen LogP contribution in [0.25, 0.3) is 10.9 Å². The molecule has 0 radical (unpaired) electrons. The number of fused-ring (bicyclic) bond motifs is 3. The fourth-order valence-electron chi connectivity index (χ4n) is 3.97. The molecule has 5 nitrogen and oxygen atoms in total. The van der Waals surface area contributed by atoms with Crippen LogP contribution in [0.3, 0.4) is 0 Å². The first-order valence-electron chi connectivity index (χ1n) is 9.65. The summed E-state index contributed by atoms with van der Waals surface area (Å²) in [6, 6.07) is 15.2. The number of aryl methyl sites for hydroxylation is 1. The molecule has 4 rings (SSSR count). The van der Waals surface area contributed by atoms with Crippen molar-refractivity contribution in [2.24, 2.45) is 0 Å². The predicted molar refractivity (Wildman–Crippen MR) is 108 cm³/mol. The summed E-state index contributed by atoms with van der Waals surface area (Å²) in [6.07, 6.45) is 0.947. The molecule has 1 amide bonds. The molecule has 0 fully saturated rings. The van der Waals surface area contributed by atoms with Crippen LogP contribution in [0.1, 0.15) is 40.0 Å². The van der Waals surface area contributed by atoms with Crippen LogP contribution in [0.5, 0.6) is 0 Å². The minimum atomic E-state index is -0.256. The number of aromatic amines is 1. The highest BCUT2D eigenvalue weighted by atomic mass is 16.3. The van der Waals surface area contributed by atoms with Gasteiger partial charge in [0.15, 0.2) is 5.78 Å². The number of nitrogens with zero attached hydrogens (tertiary/aromatic N) is 1. The van der Waals surface area contributed by atoms with Gasteiger partial charge in [0.2, 0.25) is 5.91 Å². The quantitative estimate of drug-likeness (QED) is 0.671. The van der Waals surface area contributed by atoms with Gasteiger partial charge in [-0.05, 0) is 25.0 Å². The first kappa shape index (κ1) is 18.4. The van der Waals surface area contributed by atoms with Crippen molar-refractivity contribution in [1.29, 1.82) is 0 Å². The number of aromatic nitrogens is 1. The Balaban J connectivity index is 1.47. The average molecular weight is 376 g/mol. The highest BCUT2D eigenvalue weighted by Crippen LogP contribution is 2.30. The smallest absolute Gasteiger partial charge is 0.223 e. The molecule has 0 aliphatic carbocycles. The summed E-state index contributed by atoms with van der Waals surface area (Å²) in [5.74, 6) is -0.124. The second-order valence-electron chi connectivity index (χ2n) is 7.48. The maximum atomic E-state index is 12.8. The van der Waals surface area contributed by atoms with Crippen LogP contribution in [0, 0.1) is 6.92 Å².